The zero-order valence-corrected chi connectivity index (χ0v) is 16.9. The van der Waals surface area contributed by atoms with Gasteiger partial charge < -0.3 is 14.6 Å². The number of benzene rings is 3. The highest BCUT2D eigenvalue weighted by molar-refractivity contribution is 6.31. The summed E-state index contributed by atoms with van der Waals surface area (Å²) in [7, 11) is 0. The monoisotopic (exact) mass is 419 g/mol. The second kappa shape index (κ2) is 8.80. The Hall–Kier alpha value is -3.64. The number of aromatic nitrogens is 2. The van der Waals surface area contributed by atoms with Gasteiger partial charge in [-0.15, -0.1) is 0 Å². The average Bonchev–Trinajstić information content (AvgIpc) is 3.22. The molecule has 0 fully saturated rings. The first-order chi connectivity index (χ1) is 14.6. The van der Waals surface area contributed by atoms with Crippen molar-refractivity contribution < 1.29 is 14.1 Å². The van der Waals surface area contributed by atoms with E-state index in [1.54, 1.807) is 48.5 Å². The minimum atomic E-state index is -0.307. The number of carbonyl (C=O) groups excluding carboxylic acids is 1. The molecule has 0 bridgehead atoms. The lowest BCUT2D eigenvalue weighted by Crippen LogP contribution is -2.13. The Balaban J connectivity index is 1.46. The Kier molecular flexibility index (Phi) is 5.77. The van der Waals surface area contributed by atoms with Gasteiger partial charge in [-0.1, -0.05) is 64.8 Å². The zero-order chi connectivity index (χ0) is 20.9. The van der Waals surface area contributed by atoms with E-state index in [4.69, 9.17) is 20.9 Å². The lowest BCUT2D eigenvalue weighted by Gasteiger charge is -2.10. The van der Waals surface area contributed by atoms with Crippen LogP contribution in [0.1, 0.15) is 21.8 Å². The Bertz CT molecular complexity index is 1170. The van der Waals surface area contributed by atoms with E-state index in [-0.39, 0.29) is 12.5 Å². The van der Waals surface area contributed by atoms with Crippen LogP contribution in [0.5, 0.6) is 5.75 Å². The van der Waals surface area contributed by atoms with Gasteiger partial charge in [0.15, 0.2) is 6.61 Å². The Labute approximate surface area is 178 Å². The second-order valence-corrected chi connectivity index (χ2v) is 7.06. The predicted molar refractivity (Wildman–Crippen MR) is 115 cm³/mol. The van der Waals surface area contributed by atoms with Gasteiger partial charge in [-0.05, 0) is 37.3 Å². The van der Waals surface area contributed by atoms with Crippen LogP contribution >= 0.6 is 11.6 Å². The number of carbonyl (C=O) groups is 1. The first kappa shape index (κ1) is 19.7. The number of ether oxygens (including phenoxy) is 1. The molecule has 0 spiro atoms. The van der Waals surface area contributed by atoms with E-state index in [0.717, 1.165) is 11.1 Å². The van der Waals surface area contributed by atoms with E-state index in [0.29, 0.717) is 33.7 Å². The topological polar surface area (TPSA) is 77.2 Å². The molecule has 0 radical (unpaired) electrons. The fourth-order valence-electron chi connectivity index (χ4n) is 2.82. The van der Waals surface area contributed by atoms with Crippen LogP contribution in [0.25, 0.3) is 11.4 Å². The summed E-state index contributed by atoms with van der Waals surface area (Å²) >= 11 is 5.98. The average molecular weight is 420 g/mol. The summed E-state index contributed by atoms with van der Waals surface area (Å²) in [4.78, 5) is 17.0. The van der Waals surface area contributed by atoms with Crippen LogP contribution in [0, 0.1) is 6.92 Å². The van der Waals surface area contributed by atoms with Crippen molar-refractivity contribution in [2.24, 2.45) is 0 Å². The molecule has 4 rings (SSSR count). The minimum absolute atomic E-state index is 0.0420. The summed E-state index contributed by atoms with van der Waals surface area (Å²) in [5.41, 5.74) is 2.99. The maximum absolute atomic E-state index is 12.7. The molecule has 1 amide bonds. The van der Waals surface area contributed by atoms with E-state index in [1.807, 2.05) is 31.2 Å². The molecule has 0 saturated carbocycles. The lowest BCUT2D eigenvalue weighted by atomic mass is 10.1. The largest absolute Gasteiger partial charge is 0.483 e. The van der Waals surface area contributed by atoms with Gasteiger partial charge in [0.25, 0.3) is 11.8 Å². The van der Waals surface area contributed by atoms with E-state index < -0.39 is 0 Å². The van der Waals surface area contributed by atoms with Crippen molar-refractivity contribution in [2.45, 2.75) is 13.5 Å². The third-order valence-corrected chi connectivity index (χ3v) is 4.58. The molecule has 1 N–H and O–H groups in total. The zero-order valence-electron chi connectivity index (χ0n) is 16.1. The van der Waals surface area contributed by atoms with Gasteiger partial charge in [-0.2, -0.15) is 4.98 Å². The fraction of sp³-hybridized carbons (Fsp3) is 0.0870. The highest BCUT2D eigenvalue weighted by atomic mass is 35.5. The van der Waals surface area contributed by atoms with Crippen LogP contribution in [0.15, 0.2) is 77.3 Å². The van der Waals surface area contributed by atoms with Crippen molar-refractivity contribution in [1.82, 2.24) is 10.1 Å². The molecule has 7 heteroatoms. The van der Waals surface area contributed by atoms with Crippen LogP contribution in [0.3, 0.4) is 0 Å². The number of anilines is 1. The van der Waals surface area contributed by atoms with Crippen molar-refractivity contribution >= 4 is 23.2 Å². The van der Waals surface area contributed by atoms with Crippen molar-refractivity contribution in [2.75, 3.05) is 5.32 Å². The molecule has 1 aromatic heterocycles. The maximum Gasteiger partial charge on any atom is 0.264 e. The van der Waals surface area contributed by atoms with E-state index in [9.17, 15) is 4.79 Å². The molecule has 4 aromatic rings. The number of hydrogen-bond acceptors (Lipinski definition) is 5. The lowest BCUT2D eigenvalue weighted by molar-refractivity contribution is 0.102. The smallest absolute Gasteiger partial charge is 0.264 e. The number of nitrogens with zero attached hydrogens (tertiary/aromatic N) is 2. The number of hydrogen-bond donors (Lipinski definition) is 1. The van der Waals surface area contributed by atoms with Gasteiger partial charge in [0, 0.05) is 16.3 Å². The number of aryl methyl sites for hydroxylation is 1. The summed E-state index contributed by atoms with van der Waals surface area (Å²) in [5.74, 6) is 0.905. The van der Waals surface area contributed by atoms with Crippen LogP contribution in [0.2, 0.25) is 5.02 Å². The second-order valence-electron chi connectivity index (χ2n) is 6.63. The van der Waals surface area contributed by atoms with Gasteiger partial charge in [0.05, 0.1) is 5.56 Å². The first-order valence-corrected chi connectivity index (χ1v) is 9.65. The Morgan fingerprint density at radius 3 is 2.67 bits per heavy atom. The summed E-state index contributed by atoms with van der Waals surface area (Å²) in [6.45, 7) is 2.06. The number of para-hydroxylation sites is 1. The number of amides is 1. The summed E-state index contributed by atoms with van der Waals surface area (Å²) in [5, 5.41) is 7.34. The molecule has 0 aliphatic heterocycles. The van der Waals surface area contributed by atoms with Gasteiger partial charge in [-0.3, -0.25) is 4.79 Å². The quantitative estimate of drug-likeness (QED) is 0.444. The van der Waals surface area contributed by atoms with Crippen molar-refractivity contribution in [3.05, 3.63) is 94.8 Å². The van der Waals surface area contributed by atoms with Gasteiger partial charge >= 0.3 is 0 Å². The molecular formula is C23H18ClN3O3. The number of nitrogens with one attached hydrogen (secondary N) is 1. The Morgan fingerprint density at radius 1 is 1.07 bits per heavy atom. The molecular weight excluding hydrogens is 402 g/mol. The van der Waals surface area contributed by atoms with Gasteiger partial charge in [0.2, 0.25) is 5.82 Å². The van der Waals surface area contributed by atoms with Crippen LogP contribution in [-0.2, 0) is 6.61 Å². The van der Waals surface area contributed by atoms with E-state index in [2.05, 4.69) is 15.5 Å². The highest BCUT2D eigenvalue weighted by Crippen LogP contribution is 2.23. The van der Waals surface area contributed by atoms with Crippen LogP contribution < -0.4 is 10.1 Å². The molecule has 0 atom stereocenters. The highest BCUT2D eigenvalue weighted by Gasteiger charge is 2.15. The number of rotatable bonds is 6. The molecule has 0 aliphatic rings. The summed E-state index contributed by atoms with van der Waals surface area (Å²) in [6.07, 6.45) is 0. The maximum atomic E-state index is 12.7. The standard InChI is InChI=1S/C23H18ClN3O3/c1-15-9-11-16(12-10-15)22-26-21(30-27-22)14-29-20-8-3-2-7-19(20)23(28)25-18-6-4-5-17(24)13-18/h2-13H,14H2,1H3,(H,25,28). The third-order valence-electron chi connectivity index (χ3n) is 4.34. The Morgan fingerprint density at radius 2 is 1.87 bits per heavy atom. The van der Waals surface area contributed by atoms with Gasteiger partial charge in [-0.25, -0.2) is 0 Å². The first-order valence-electron chi connectivity index (χ1n) is 9.27. The summed E-state index contributed by atoms with van der Waals surface area (Å²) < 4.78 is 11.1. The van der Waals surface area contributed by atoms with Crippen LogP contribution in [-0.4, -0.2) is 16.0 Å². The predicted octanol–water partition coefficient (Wildman–Crippen LogP) is 5.53. The minimum Gasteiger partial charge on any atom is -0.483 e. The molecule has 30 heavy (non-hydrogen) atoms. The molecule has 0 aliphatic carbocycles. The van der Waals surface area contributed by atoms with Crippen LogP contribution in [0.4, 0.5) is 5.69 Å². The van der Waals surface area contributed by atoms with Crippen molar-refractivity contribution in [1.29, 1.82) is 0 Å². The normalized spacial score (nSPS) is 10.6. The van der Waals surface area contributed by atoms with Crippen molar-refractivity contribution in [3.63, 3.8) is 0 Å². The molecule has 3 aromatic carbocycles. The SMILES string of the molecule is Cc1ccc(-c2noc(COc3ccccc3C(=O)Nc3cccc(Cl)c3)n2)cc1. The van der Waals surface area contributed by atoms with Gasteiger partial charge in [0.1, 0.15) is 5.75 Å². The number of halogens is 1. The van der Waals surface area contributed by atoms with E-state index >= 15 is 0 Å². The molecule has 1 heterocycles. The molecule has 150 valence electrons. The molecule has 0 saturated heterocycles. The van der Waals surface area contributed by atoms with Crippen molar-refractivity contribution in [3.8, 4) is 17.1 Å². The molecule has 6 nitrogen and oxygen atoms in total. The third kappa shape index (κ3) is 4.67. The fourth-order valence-corrected chi connectivity index (χ4v) is 3.01. The summed E-state index contributed by atoms with van der Waals surface area (Å²) in [6, 6.07) is 21.7. The molecule has 0 unspecified atom stereocenters. The van der Waals surface area contributed by atoms with E-state index in [1.165, 1.54) is 0 Å².